The maximum Gasteiger partial charge on any atom is 0.286 e. The van der Waals surface area contributed by atoms with Crippen LogP contribution in [-0.4, -0.2) is 42.3 Å². The zero-order chi connectivity index (χ0) is 24.6. The van der Waals surface area contributed by atoms with Gasteiger partial charge in [-0.1, -0.05) is 55.4 Å². The van der Waals surface area contributed by atoms with Crippen molar-refractivity contribution in [2.45, 2.75) is 0 Å². The Morgan fingerprint density at radius 3 is 1.32 bits per heavy atom. The number of nitrogens with zero attached hydrogens (tertiary/aromatic N) is 2. The molecule has 2 saturated heterocycles. The average molecular weight is 658 g/mol. The Kier molecular flexibility index (Phi) is 7.54. The lowest BCUT2D eigenvalue weighted by atomic mass is 10.2. The monoisotopic (exact) mass is 656 g/mol. The van der Waals surface area contributed by atoms with Gasteiger partial charge in [-0.3, -0.25) is 30.0 Å². The van der Waals surface area contributed by atoms with Crippen molar-refractivity contribution in [3.05, 3.63) is 78.4 Å². The molecule has 0 spiro atoms. The van der Waals surface area contributed by atoms with Crippen LogP contribution in [0, 0.1) is 0 Å². The molecule has 0 radical (unpaired) electrons. The number of carbonyl (C=O) groups is 4. The quantitative estimate of drug-likeness (QED) is 0.374. The van der Waals surface area contributed by atoms with Crippen LogP contribution in [0.1, 0.15) is 20.7 Å². The van der Waals surface area contributed by atoms with E-state index >= 15 is 0 Å². The van der Waals surface area contributed by atoms with Gasteiger partial charge in [0.05, 0.1) is 0 Å². The Labute approximate surface area is 229 Å². The molecule has 0 atom stereocenters. The minimum absolute atomic E-state index is 0.0128. The third-order valence-corrected chi connectivity index (χ3v) is 8.32. The molecule has 8 nitrogen and oxygen atoms in total. The second-order valence-corrected chi connectivity index (χ2v) is 11.7. The van der Waals surface area contributed by atoms with E-state index in [1.165, 1.54) is 0 Å². The van der Waals surface area contributed by atoms with E-state index in [1.54, 1.807) is 48.5 Å². The predicted molar refractivity (Wildman–Crippen MR) is 144 cm³/mol. The summed E-state index contributed by atoms with van der Waals surface area (Å²) in [4.78, 5) is 51.0. The zero-order valence-corrected chi connectivity index (χ0v) is 23.0. The smallest absolute Gasteiger partial charge is 0.267 e. The summed E-state index contributed by atoms with van der Waals surface area (Å²) in [6.45, 7) is 0. The van der Waals surface area contributed by atoms with Crippen LogP contribution in [0.3, 0.4) is 0 Å². The summed E-state index contributed by atoms with van der Waals surface area (Å²) in [6, 6.07) is 13.1. The number of hydrogen-bond donors (Lipinski definition) is 2. The number of amides is 4. The SMILES string of the molecule is O=C(NN1C(=O)/C(=C2\SC(=S)N(NC(=O)c3ccc(Br)cc3)C2=O)SC1=S)c1ccc(Br)cc1. The molecule has 172 valence electrons. The molecule has 2 fully saturated rings. The molecule has 2 aliphatic rings. The standard InChI is InChI=1S/C20H10Br2N4O4S4/c21-11-5-1-9(2-6-11)15(27)23-25-17(29)13(33-19(25)31)14-18(30)26(20(32)34-14)24-16(28)10-3-7-12(22)8-4-10/h1-8H,(H,23,27)(H,24,28)/b14-13+. The molecule has 0 aromatic heterocycles. The minimum atomic E-state index is -0.666. The van der Waals surface area contributed by atoms with Crippen LogP contribution >= 0.6 is 79.8 Å². The van der Waals surface area contributed by atoms with Gasteiger partial charge in [0.15, 0.2) is 8.64 Å². The number of hydrogen-bond acceptors (Lipinski definition) is 8. The van der Waals surface area contributed by atoms with Crippen molar-refractivity contribution < 1.29 is 19.2 Å². The number of thioether (sulfide) groups is 2. The van der Waals surface area contributed by atoms with Crippen molar-refractivity contribution in [2.75, 3.05) is 0 Å². The highest BCUT2D eigenvalue weighted by Gasteiger charge is 2.43. The fourth-order valence-electron chi connectivity index (χ4n) is 2.74. The predicted octanol–water partition coefficient (Wildman–Crippen LogP) is 4.13. The van der Waals surface area contributed by atoms with E-state index in [0.29, 0.717) is 11.1 Å². The van der Waals surface area contributed by atoms with E-state index in [-0.39, 0.29) is 18.5 Å². The Bertz CT molecular complexity index is 1200. The molecule has 0 unspecified atom stereocenters. The highest BCUT2D eigenvalue weighted by atomic mass is 79.9. The van der Waals surface area contributed by atoms with E-state index in [1.807, 2.05) is 0 Å². The van der Waals surface area contributed by atoms with Crippen LogP contribution < -0.4 is 10.9 Å². The van der Waals surface area contributed by atoms with Crippen molar-refractivity contribution in [2.24, 2.45) is 0 Å². The number of nitrogens with one attached hydrogen (secondary N) is 2. The summed E-state index contributed by atoms with van der Waals surface area (Å²) in [5, 5.41) is 1.82. The minimum Gasteiger partial charge on any atom is -0.267 e. The molecule has 14 heteroatoms. The topological polar surface area (TPSA) is 98.8 Å². The van der Waals surface area contributed by atoms with Gasteiger partial charge in [-0.15, -0.1) is 0 Å². The number of carbonyl (C=O) groups excluding carboxylic acids is 4. The number of halogens is 2. The molecule has 2 heterocycles. The van der Waals surface area contributed by atoms with Crippen LogP contribution in [0.4, 0.5) is 0 Å². The lowest BCUT2D eigenvalue weighted by Crippen LogP contribution is -2.45. The fraction of sp³-hybridized carbons (Fsp3) is 0. The van der Waals surface area contributed by atoms with Gasteiger partial charge in [0.1, 0.15) is 9.81 Å². The highest BCUT2D eigenvalue weighted by molar-refractivity contribution is 9.10. The lowest BCUT2D eigenvalue weighted by molar-refractivity contribution is -0.126. The summed E-state index contributed by atoms with van der Waals surface area (Å²) in [5.41, 5.74) is 5.55. The van der Waals surface area contributed by atoms with Gasteiger partial charge in [-0.05, 0) is 73.0 Å². The summed E-state index contributed by atoms with van der Waals surface area (Å²) < 4.78 is 1.69. The molecule has 2 aromatic carbocycles. The van der Waals surface area contributed by atoms with E-state index < -0.39 is 23.6 Å². The Balaban J connectivity index is 1.50. The van der Waals surface area contributed by atoms with Crippen LogP contribution in [-0.2, 0) is 9.59 Å². The largest absolute Gasteiger partial charge is 0.286 e. The molecule has 2 aromatic rings. The first-order valence-corrected chi connectivity index (χ1v) is 13.2. The van der Waals surface area contributed by atoms with Crippen molar-refractivity contribution in [1.82, 2.24) is 20.9 Å². The van der Waals surface area contributed by atoms with Gasteiger partial charge in [-0.25, -0.2) is 0 Å². The Hall–Kier alpha value is -2.10. The van der Waals surface area contributed by atoms with Crippen LogP contribution in [0.5, 0.6) is 0 Å². The van der Waals surface area contributed by atoms with Crippen LogP contribution in [0.15, 0.2) is 67.3 Å². The highest BCUT2D eigenvalue weighted by Crippen LogP contribution is 2.41. The van der Waals surface area contributed by atoms with Crippen LogP contribution in [0.25, 0.3) is 0 Å². The molecule has 2 aliphatic heterocycles. The van der Waals surface area contributed by atoms with E-state index in [0.717, 1.165) is 42.5 Å². The number of rotatable bonds is 4. The normalized spacial score (nSPS) is 18.1. The van der Waals surface area contributed by atoms with Gasteiger partial charge < -0.3 is 0 Å². The summed E-state index contributed by atoms with van der Waals surface area (Å²) >= 11 is 18.8. The average Bonchev–Trinajstić information content (AvgIpc) is 3.24. The van der Waals surface area contributed by atoms with Gasteiger partial charge in [0.2, 0.25) is 0 Å². The third-order valence-electron chi connectivity index (χ3n) is 4.38. The lowest BCUT2D eigenvalue weighted by Gasteiger charge is -2.16. The maximum absolute atomic E-state index is 13.0. The fourth-order valence-corrected chi connectivity index (χ4v) is 5.78. The third kappa shape index (κ3) is 5.11. The van der Waals surface area contributed by atoms with Gasteiger partial charge >= 0.3 is 0 Å². The molecular weight excluding hydrogens is 648 g/mol. The zero-order valence-electron chi connectivity index (χ0n) is 16.5. The first-order chi connectivity index (χ1) is 16.2. The molecule has 0 aliphatic carbocycles. The molecule has 2 N–H and O–H groups in total. The first kappa shape index (κ1) is 25.0. The molecule has 0 bridgehead atoms. The molecule has 4 rings (SSSR count). The van der Waals surface area contributed by atoms with Gasteiger partial charge in [0.25, 0.3) is 23.6 Å². The molecular formula is C20H10Br2N4O4S4. The van der Waals surface area contributed by atoms with E-state index in [9.17, 15) is 19.2 Å². The first-order valence-electron chi connectivity index (χ1n) is 9.15. The van der Waals surface area contributed by atoms with Crippen molar-refractivity contribution in [3.8, 4) is 0 Å². The van der Waals surface area contributed by atoms with Crippen molar-refractivity contribution in [1.29, 1.82) is 0 Å². The second-order valence-electron chi connectivity index (χ2n) is 6.57. The maximum atomic E-state index is 13.0. The second kappa shape index (κ2) is 10.3. The number of hydrazine groups is 2. The van der Waals surface area contributed by atoms with Crippen LogP contribution in [0.2, 0.25) is 0 Å². The van der Waals surface area contributed by atoms with Crippen molar-refractivity contribution >= 4 is 112 Å². The van der Waals surface area contributed by atoms with Crippen molar-refractivity contribution in [3.63, 3.8) is 0 Å². The Morgan fingerprint density at radius 1 is 0.676 bits per heavy atom. The number of benzene rings is 2. The number of thiocarbonyl (C=S) groups is 2. The summed E-state index contributed by atoms with van der Waals surface area (Å²) in [6.07, 6.45) is 0. The molecule has 0 saturated carbocycles. The molecule has 4 amide bonds. The van der Waals surface area contributed by atoms with E-state index in [4.69, 9.17) is 24.4 Å². The van der Waals surface area contributed by atoms with Gasteiger partial charge in [-0.2, -0.15) is 10.0 Å². The van der Waals surface area contributed by atoms with Gasteiger partial charge in [0, 0.05) is 20.1 Å². The summed E-state index contributed by atoms with van der Waals surface area (Å²) in [5.74, 6) is -2.42. The molecule has 34 heavy (non-hydrogen) atoms. The Morgan fingerprint density at radius 2 is 1.00 bits per heavy atom. The van der Waals surface area contributed by atoms with E-state index in [2.05, 4.69) is 42.7 Å². The summed E-state index contributed by atoms with van der Waals surface area (Å²) in [7, 11) is 0.